The Bertz CT molecular complexity index is 5270. The maximum absolute atomic E-state index is 13.1. The zero-order valence-electron chi connectivity index (χ0n) is 58.6. The van der Waals surface area contributed by atoms with Crippen LogP contribution in [0.15, 0.2) is 143 Å². The summed E-state index contributed by atoms with van der Waals surface area (Å²) in [6, 6.07) is 27.4. The third kappa shape index (κ3) is 17.2. The van der Waals surface area contributed by atoms with Gasteiger partial charge in [-0.05, 0) is 184 Å². The number of amides is 6. The van der Waals surface area contributed by atoms with Crippen LogP contribution in [0.4, 0.5) is 31.4 Å². The number of hydrogen-bond acceptors (Lipinski definition) is 22. The van der Waals surface area contributed by atoms with Crippen molar-refractivity contribution in [2.45, 2.75) is 130 Å². The zero-order valence-corrected chi connectivity index (χ0v) is 61.1. The first-order chi connectivity index (χ1) is 50.8. The molecule has 106 heavy (non-hydrogen) atoms. The number of ether oxygens (including phenoxy) is 3. The van der Waals surface area contributed by atoms with E-state index in [2.05, 4.69) is 60.5 Å². The molecule has 552 valence electrons. The lowest BCUT2D eigenvalue weighted by Gasteiger charge is -2.42. The number of rotatable bonds is 20. The molecule has 14 rings (SSSR count). The van der Waals surface area contributed by atoms with Crippen LogP contribution in [0.2, 0.25) is 0 Å². The smallest absolute Gasteiger partial charge is 0.333 e. The number of aliphatic hydroxyl groups excluding tert-OH is 1. The Morgan fingerprint density at radius 3 is 1.51 bits per heavy atom. The van der Waals surface area contributed by atoms with E-state index in [1.54, 1.807) is 72.3 Å². The molecule has 2 atom stereocenters. The number of sulfonamides is 3. The lowest BCUT2D eigenvalue weighted by molar-refractivity contribution is -0.0432. The highest BCUT2D eigenvalue weighted by Crippen LogP contribution is 2.41. The van der Waals surface area contributed by atoms with Crippen molar-refractivity contribution in [2.24, 2.45) is 0 Å². The van der Waals surface area contributed by atoms with Crippen molar-refractivity contribution in [2.75, 3.05) is 63.0 Å². The van der Waals surface area contributed by atoms with Gasteiger partial charge in [-0.25, -0.2) is 43.5 Å². The maximum Gasteiger partial charge on any atom is 0.333 e. The third-order valence-electron chi connectivity index (χ3n) is 18.7. The van der Waals surface area contributed by atoms with E-state index >= 15 is 0 Å². The van der Waals surface area contributed by atoms with Gasteiger partial charge in [0, 0.05) is 93.3 Å². The van der Waals surface area contributed by atoms with Crippen LogP contribution >= 0.6 is 0 Å². The van der Waals surface area contributed by atoms with Gasteiger partial charge in [-0.3, -0.25) is 18.9 Å². The van der Waals surface area contributed by atoms with Crippen molar-refractivity contribution >= 4 is 65.2 Å². The Labute approximate surface area is 612 Å². The summed E-state index contributed by atoms with van der Waals surface area (Å²) in [5.74, 6) is 0.442. The third-order valence-corrected chi connectivity index (χ3v) is 22.3. The zero-order chi connectivity index (χ0) is 75.1. The monoisotopic (exact) mass is 1500 g/mol. The number of pyridine rings is 3. The number of aromatic nitrogens is 9. The molecular weight excluding hydrogens is 1420 g/mol. The number of aryl methyl sites for hydroxylation is 3. The fraction of sp³-hybridized carbons (Fsp3) is 0.347. The van der Waals surface area contributed by atoms with Gasteiger partial charge in [-0.15, -0.1) is 0 Å². The fourth-order valence-electron chi connectivity index (χ4n) is 13.6. The summed E-state index contributed by atoms with van der Waals surface area (Å²) in [5, 5.41) is 47.7. The fourth-order valence-corrected chi connectivity index (χ4v) is 16.1. The Morgan fingerprint density at radius 2 is 1.06 bits per heavy atom. The van der Waals surface area contributed by atoms with Gasteiger partial charge in [-0.1, -0.05) is 36.4 Å². The topological polar surface area (TPSA) is 417 Å². The van der Waals surface area contributed by atoms with Gasteiger partial charge in [-0.2, -0.15) is 51.1 Å². The van der Waals surface area contributed by atoms with E-state index in [0.717, 1.165) is 122 Å². The van der Waals surface area contributed by atoms with Crippen LogP contribution < -0.4 is 34.9 Å². The molecule has 1 unspecified atom stereocenters. The van der Waals surface area contributed by atoms with Gasteiger partial charge in [0.15, 0.2) is 15.1 Å². The van der Waals surface area contributed by atoms with Crippen molar-refractivity contribution in [3.05, 3.63) is 173 Å². The number of carbonyl (C=O) groups excluding carboxylic acids is 3. The highest BCUT2D eigenvalue weighted by atomic mass is 32.2. The molecule has 7 N–H and O–H groups in total. The number of nitrogens with one attached hydrogen (secondary N) is 6. The van der Waals surface area contributed by atoms with Crippen LogP contribution in [-0.4, -0.2) is 157 Å². The number of nitriles is 2. The number of anilines is 3. The minimum absolute atomic E-state index is 0.0223. The quantitative estimate of drug-likeness (QED) is 0.0380. The Balaban J connectivity index is 0.000000150. The predicted octanol–water partition coefficient (Wildman–Crippen LogP) is 7.99. The summed E-state index contributed by atoms with van der Waals surface area (Å²) in [6.45, 7) is 9.06. The number of methoxy groups -OCH3 is 2. The van der Waals surface area contributed by atoms with E-state index in [-0.39, 0.29) is 45.2 Å². The molecule has 0 bridgehead atoms. The molecule has 2 saturated heterocycles. The Kier molecular flexibility index (Phi) is 22.4. The molecule has 0 saturated carbocycles. The Hall–Kier alpha value is -11.0. The second-order valence-corrected chi connectivity index (χ2v) is 31.5. The van der Waals surface area contributed by atoms with E-state index in [9.17, 15) is 55.3 Å². The highest BCUT2D eigenvalue weighted by molar-refractivity contribution is 7.90. The maximum atomic E-state index is 13.1. The summed E-state index contributed by atoms with van der Waals surface area (Å²) in [5.41, 5.74) is 12.2. The van der Waals surface area contributed by atoms with Gasteiger partial charge < -0.3 is 35.3 Å². The second-order valence-electron chi connectivity index (χ2n) is 26.6. The molecule has 6 amide bonds. The average Bonchev–Trinajstić information content (AvgIpc) is 1.27. The van der Waals surface area contributed by atoms with E-state index in [0.29, 0.717) is 65.0 Å². The molecule has 5 aliphatic rings. The van der Waals surface area contributed by atoms with Crippen LogP contribution in [0.5, 0.6) is 5.88 Å². The summed E-state index contributed by atoms with van der Waals surface area (Å²) in [4.78, 5) is 53.0. The summed E-state index contributed by atoms with van der Waals surface area (Å²) in [6.07, 6.45) is 17.3. The first kappa shape index (κ1) is 74.7. The SMILES string of the molecule is COc1cc(-c2ccc3c(c2NC(=O)NS(=O)(=O)c2ccn(C(C)(C)CN4CC(OC)C4)n2)CCC3)ccn1.C[C@@H](O)Cn1ccc(S(=O)(=O)NC(=O)Nc2c(-c3ccnc(C#N)c3)ccc3c2CCC3)n1.N#Cc1cc(-c2ccc3c(c2NC(=O)NS(=O)(=O)c2ccn(C4CCOC4)n2)CCC3)ccn1. The van der Waals surface area contributed by atoms with E-state index in [1.165, 1.54) is 48.6 Å². The summed E-state index contributed by atoms with van der Waals surface area (Å²) >= 11 is 0. The number of fused-ring (bicyclic) bond motifs is 3. The van der Waals surface area contributed by atoms with Gasteiger partial charge in [0.1, 0.15) is 23.5 Å². The van der Waals surface area contributed by atoms with Crippen molar-refractivity contribution < 1.29 is 59.0 Å². The second kappa shape index (κ2) is 31.8. The largest absolute Gasteiger partial charge is 0.481 e. The number of likely N-dealkylation sites (tertiary alicyclic amines) is 1. The van der Waals surface area contributed by atoms with Crippen LogP contribution in [0.25, 0.3) is 33.4 Å². The number of aliphatic hydroxyl groups is 1. The van der Waals surface area contributed by atoms with Crippen molar-refractivity contribution in [1.29, 1.82) is 10.5 Å². The molecule has 0 spiro atoms. The molecule has 0 radical (unpaired) electrons. The molecule has 6 aromatic heterocycles. The highest BCUT2D eigenvalue weighted by Gasteiger charge is 2.35. The minimum Gasteiger partial charge on any atom is -0.481 e. The molecule has 2 aliphatic heterocycles. The van der Waals surface area contributed by atoms with Crippen LogP contribution in [0, 0.1) is 22.7 Å². The van der Waals surface area contributed by atoms with Crippen LogP contribution in [0.1, 0.15) is 97.3 Å². The lowest BCUT2D eigenvalue weighted by atomic mass is 9.97. The molecule has 9 aromatic rings. The van der Waals surface area contributed by atoms with Gasteiger partial charge in [0.25, 0.3) is 30.1 Å². The van der Waals surface area contributed by atoms with E-state index in [4.69, 9.17) is 14.2 Å². The number of benzene rings is 3. The number of urea groups is 3. The van der Waals surface area contributed by atoms with Gasteiger partial charge in [0.05, 0.1) is 61.1 Å². The molecular formula is C72H78N18O13S3. The number of carbonyl (C=O) groups is 3. The van der Waals surface area contributed by atoms with Crippen LogP contribution in [-0.2, 0) is 90.2 Å². The molecule has 3 aromatic carbocycles. The minimum atomic E-state index is -4.23. The summed E-state index contributed by atoms with van der Waals surface area (Å²) < 4.78 is 104. The normalized spacial score (nSPS) is 15.7. The van der Waals surface area contributed by atoms with E-state index in [1.807, 2.05) is 73.2 Å². The summed E-state index contributed by atoms with van der Waals surface area (Å²) in [7, 11) is -9.38. The first-order valence-electron chi connectivity index (χ1n) is 34.2. The molecule has 2 fully saturated rings. The molecule has 31 nitrogen and oxygen atoms in total. The lowest BCUT2D eigenvalue weighted by Crippen LogP contribution is -2.56. The molecule has 34 heteroatoms. The average molecular weight is 1500 g/mol. The molecule has 8 heterocycles. The van der Waals surface area contributed by atoms with Gasteiger partial charge >= 0.3 is 18.1 Å². The van der Waals surface area contributed by atoms with Gasteiger partial charge in [0.2, 0.25) is 5.88 Å². The van der Waals surface area contributed by atoms with Crippen molar-refractivity contribution in [3.63, 3.8) is 0 Å². The predicted molar refractivity (Wildman–Crippen MR) is 388 cm³/mol. The number of hydrogen-bond donors (Lipinski definition) is 7. The standard InChI is InChI=1S/C27H34N6O5S.C23H22N6O4S.C22H22N6O4S/c1-27(2,17-32-15-20(16-32)37-3)33-13-11-24(30-33)39(35,36)31-26(34)29-25-21-7-5-6-18(21)8-9-22(25)19-10-12-28-23(14-19)38-4;24-13-17-12-16(6-9-25-17)20-5-4-15-2-1-3-19(15)22(20)26-23(30)28-34(31,32)21-7-10-29(27-21)18-8-11-33-14-18;1-14(29)13-28-10-8-20(26-28)33(31,32)27-22(30)25-21-18-4-2-3-15(18)5-6-19(21)16-7-9-24-17(11-16)12-23/h8-14,20H,5-7,15-17H2,1-4H3,(H2,29,31,34);4-7,9-10,12,18H,1-3,8,11,14H2,(H2,26,28,30);5-11,14,29H,2-4,13H2,1H3,(H2,25,27,30)/t;;14-/m..1/s1. The van der Waals surface area contributed by atoms with Crippen molar-refractivity contribution in [1.82, 2.24) is 63.4 Å². The first-order valence-corrected chi connectivity index (χ1v) is 38.6. The van der Waals surface area contributed by atoms with E-state index < -0.39 is 59.8 Å². The number of nitrogens with zero attached hydrogens (tertiary/aromatic N) is 12. The Morgan fingerprint density at radius 1 is 0.604 bits per heavy atom. The van der Waals surface area contributed by atoms with Crippen LogP contribution in [0.3, 0.4) is 0 Å². The van der Waals surface area contributed by atoms with Crippen molar-refractivity contribution in [3.8, 4) is 51.4 Å². The molecule has 3 aliphatic carbocycles.